The second kappa shape index (κ2) is 6.15. The van der Waals surface area contributed by atoms with Gasteiger partial charge < -0.3 is 9.67 Å². The molecule has 0 amide bonds. The molecule has 0 atom stereocenters. The molecule has 3 rings (SSSR count). The molecule has 5 heteroatoms. The second-order valence-corrected chi connectivity index (χ2v) is 5.81. The summed E-state index contributed by atoms with van der Waals surface area (Å²) < 4.78 is 3.02. The first-order valence-corrected chi connectivity index (χ1v) is 7.52. The highest BCUT2D eigenvalue weighted by Gasteiger charge is 2.08. The third-order valence-corrected chi connectivity index (χ3v) is 3.87. The number of carboxylic acid groups (broad SMARTS) is 1. The van der Waals surface area contributed by atoms with Crippen LogP contribution in [0.2, 0.25) is 0 Å². The number of hydrogen-bond acceptors (Lipinski definition) is 2. The predicted molar refractivity (Wildman–Crippen MR) is 87.9 cm³/mol. The Labute approximate surface area is 136 Å². The Bertz CT molecular complexity index is 810. The van der Waals surface area contributed by atoms with E-state index >= 15 is 0 Å². The van der Waals surface area contributed by atoms with E-state index in [2.05, 4.69) is 20.9 Å². The zero-order valence-corrected chi connectivity index (χ0v) is 13.2. The van der Waals surface area contributed by atoms with E-state index in [1.165, 1.54) is 0 Å². The number of aromatic carboxylic acids is 1. The molecule has 3 aromatic rings. The molecule has 22 heavy (non-hydrogen) atoms. The lowest BCUT2D eigenvalue weighted by Gasteiger charge is -2.09. The number of rotatable bonds is 4. The van der Waals surface area contributed by atoms with E-state index in [0.717, 1.165) is 21.4 Å². The average Bonchev–Trinajstić information content (AvgIpc) is 2.96. The van der Waals surface area contributed by atoms with Crippen LogP contribution in [0.5, 0.6) is 0 Å². The smallest absolute Gasteiger partial charge is 0.335 e. The summed E-state index contributed by atoms with van der Waals surface area (Å²) in [6.45, 7) is 0.576. The fraction of sp³-hybridized carbons (Fsp3) is 0.0588. The van der Waals surface area contributed by atoms with Crippen LogP contribution in [0.4, 0.5) is 0 Å². The van der Waals surface area contributed by atoms with Crippen LogP contribution in [0, 0.1) is 0 Å². The molecule has 0 aliphatic heterocycles. The Morgan fingerprint density at radius 3 is 2.68 bits per heavy atom. The quantitative estimate of drug-likeness (QED) is 0.766. The molecule has 1 aromatic heterocycles. The number of hydrogen-bond donors (Lipinski definition) is 1. The van der Waals surface area contributed by atoms with Crippen LogP contribution < -0.4 is 0 Å². The van der Waals surface area contributed by atoms with Gasteiger partial charge in [0.15, 0.2) is 0 Å². The van der Waals surface area contributed by atoms with Crippen LogP contribution in [-0.4, -0.2) is 20.6 Å². The van der Waals surface area contributed by atoms with E-state index < -0.39 is 5.97 Å². The summed E-state index contributed by atoms with van der Waals surface area (Å²) in [6.07, 6.45) is 3.64. The third kappa shape index (κ3) is 3.09. The molecule has 1 N–H and O–H groups in total. The molecule has 0 radical (unpaired) electrons. The summed E-state index contributed by atoms with van der Waals surface area (Å²) >= 11 is 3.42. The zero-order chi connectivity index (χ0) is 15.5. The minimum absolute atomic E-state index is 0.294. The molecular formula is C17H13BrN2O2. The van der Waals surface area contributed by atoms with Crippen molar-refractivity contribution in [2.24, 2.45) is 0 Å². The first-order chi connectivity index (χ1) is 10.6. The molecular weight excluding hydrogens is 344 g/mol. The maximum Gasteiger partial charge on any atom is 0.335 e. The van der Waals surface area contributed by atoms with Gasteiger partial charge in [-0.05, 0) is 29.8 Å². The van der Waals surface area contributed by atoms with E-state index in [0.29, 0.717) is 12.1 Å². The van der Waals surface area contributed by atoms with E-state index in [-0.39, 0.29) is 0 Å². The van der Waals surface area contributed by atoms with E-state index in [1.54, 1.807) is 24.4 Å². The van der Waals surface area contributed by atoms with Gasteiger partial charge >= 0.3 is 5.97 Å². The molecule has 0 spiro atoms. The lowest BCUT2D eigenvalue weighted by molar-refractivity contribution is 0.0696. The van der Waals surface area contributed by atoms with Crippen LogP contribution >= 0.6 is 15.9 Å². The van der Waals surface area contributed by atoms with Crippen molar-refractivity contribution in [1.29, 1.82) is 0 Å². The minimum atomic E-state index is -0.916. The average molecular weight is 357 g/mol. The van der Waals surface area contributed by atoms with Gasteiger partial charge in [-0.3, -0.25) is 0 Å². The highest BCUT2D eigenvalue weighted by Crippen LogP contribution is 2.21. The number of nitrogens with zero attached hydrogens (tertiary/aromatic N) is 2. The number of aromatic nitrogens is 2. The van der Waals surface area contributed by atoms with Crippen LogP contribution in [0.15, 0.2) is 65.4 Å². The highest BCUT2D eigenvalue weighted by molar-refractivity contribution is 9.10. The summed E-state index contributed by atoms with van der Waals surface area (Å²) in [5, 5.41) is 9.07. The van der Waals surface area contributed by atoms with Crippen LogP contribution in [0.3, 0.4) is 0 Å². The third-order valence-electron chi connectivity index (χ3n) is 3.34. The van der Waals surface area contributed by atoms with Gasteiger partial charge in [-0.25, -0.2) is 9.78 Å². The van der Waals surface area contributed by atoms with Crippen molar-refractivity contribution >= 4 is 21.9 Å². The standard InChI is InChI=1S/C17H13BrN2O2/c18-15-6-4-13(5-7-15)16-19-8-9-20(16)11-12-2-1-3-14(10-12)17(21)22/h1-10H,11H2,(H,21,22). The van der Waals surface area contributed by atoms with Gasteiger partial charge in [-0.1, -0.05) is 40.2 Å². The van der Waals surface area contributed by atoms with Crippen molar-refractivity contribution in [3.63, 3.8) is 0 Å². The summed E-state index contributed by atoms with van der Waals surface area (Å²) in [4.78, 5) is 15.5. The van der Waals surface area contributed by atoms with Crippen molar-refractivity contribution in [3.8, 4) is 11.4 Å². The summed E-state index contributed by atoms with van der Waals surface area (Å²) in [5.41, 5.74) is 2.24. The van der Waals surface area contributed by atoms with E-state index in [1.807, 2.05) is 41.1 Å². The molecule has 4 nitrogen and oxygen atoms in total. The van der Waals surface area contributed by atoms with E-state index in [4.69, 9.17) is 5.11 Å². The number of carbonyl (C=O) groups is 1. The van der Waals surface area contributed by atoms with Gasteiger partial charge in [-0.15, -0.1) is 0 Å². The zero-order valence-electron chi connectivity index (χ0n) is 11.6. The molecule has 0 aliphatic carbocycles. The van der Waals surface area contributed by atoms with Crippen LogP contribution in [0.1, 0.15) is 15.9 Å². The highest BCUT2D eigenvalue weighted by atomic mass is 79.9. The predicted octanol–water partition coefficient (Wildman–Crippen LogP) is 4.06. The first kappa shape index (κ1) is 14.5. The van der Waals surface area contributed by atoms with Crippen molar-refractivity contribution in [2.45, 2.75) is 6.54 Å². The largest absolute Gasteiger partial charge is 0.478 e. The Kier molecular flexibility index (Phi) is 4.06. The first-order valence-electron chi connectivity index (χ1n) is 6.73. The van der Waals surface area contributed by atoms with Gasteiger partial charge in [0.1, 0.15) is 5.82 Å². The molecule has 0 saturated carbocycles. The number of halogens is 1. The molecule has 0 fully saturated rings. The van der Waals surface area contributed by atoms with Crippen molar-refractivity contribution in [1.82, 2.24) is 9.55 Å². The Balaban J connectivity index is 1.91. The maximum absolute atomic E-state index is 11.1. The Morgan fingerprint density at radius 2 is 1.95 bits per heavy atom. The van der Waals surface area contributed by atoms with E-state index in [9.17, 15) is 4.79 Å². The molecule has 110 valence electrons. The molecule has 0 bridgehead atoms. The van der Waals surface area contributed by atoms with Gasteiger partial charge in [0.2, 0.25) is 0 Å². The fourth-order valence-electron chi connectivity index (χ4n) is 2.30. The summed E-state index contributed by atoms with van der Waals surface area (Å²) in [7, 11) is 0. The van der Waals surface area contributed by atoms with Crippen molar-refractivity contribution < 1.29 is 9.90 Å². The topological polar surface area (TPSA) is 55.1 Å². The van der Waals surface area contributed by atoms with Gasteiger partial charge in [0.25, 0.3) is 0 Å². The summed E-state index contributed by atoms with van der Waals surface area (Å²) in [5.74, 6) is -0.0613. The number of carboxylic acids is 1. The van der Waals surface area contributed by atoms with Crippen molar-refractivity contribution in [2.75, 3.05) is 0 Å². The Morgan fingerprint density at radius 1 is 1.18 bits per heavy atom. The molecule has 1 heterocycles. The Hall–Kier alpha value is -2.40. The SMILES string of the molecule is O=C(O)c1cccc(Cn2ccnc2-c2ccc(Br)cc2)c1. The molecule has 0 saturated heterocycles. The molecule has 0 aliphatic rings. The number of benzene rings is 2. The molecule has 2 aromatic carbocycles. The second-order valence-electron chi connectivity index (χ2n) is 4.89. The minimum Gasteiger partial charge on any atom is -0.478 e. The fourth-order valence-corrected chi connectivity index (χ4v) is 2.56. The normalized spacial score (nSPS) is 10.6. The monoisotopic (exact) mass is 356 g/mol. The van der Waals surface area contributed by atoms with Gasteiger partial charge in [0.05, 0.1) is 5.56 Å². The van der Waals surface area contributed by atoms with Gasteiger partial charge in [-0.2, -0.15) is 0 Å². The van der Waals surface area contributed by atoms with Crippen molar-refractivity contribution in [3.05, 3.63) is 76.5 Å². The lowest BCUT2D eigenvalue weighted by atomic mass is 10.1. The van der Waals surface area contributed by atoms with Crippen LogP contribution in [0.25, 0.3) is 11.4 Å². The number of imidazole rings is 1. The lowest BCUT2D eigenvalue weighted by Crippen LogP contribution is -2.03. The summed E-state index contributed by atoms with van der Waals surface area (Å²) in [6, 6.07) is 14.9. The maximum atomic E-state index is 11.1. The van der Waals surface area contributed by atoms with Gasteiger partial charge in [0, 0.05) is 29.0 Å². The van der Waals surface area contributed by atoms with Crippen LogP contribution in [-0.2, 0) is 6.54 Å². The molecule has 0 unspecified atom stereocenters.